The van der Waals surface area contributed by atoms with Crippen molar-refractivity contribution in [3.05, 3.63) is 71.8 Å². The predicted molar refractivity (Wildman–Crippen MR) is 102 cm³/mol. The van der Waals surface area contributed by atoms with Gasteiger partial charge in [0.15, 0.2) is 0 Å². The molecule has 3 rings (SSSR count). The number of carbonyl (C=O) groups excluding carboxylic acids is 1. The topological polar surface area (TPSA) is 41.1 Å². The molecule has 0 aromatic heterocycles. The molecule has 1 fully saturated rings. The minimum absolute atomic E-state index is 0.0316. The molecule has 3 nitrogen and oxygen atoms in total. The highest BCUT2D eigenvalue weighted by Gasteiger charge is 2.18. The fourth-order valence-electron chi connectivity index (χ4n) is 3.56. The summed E-state index contributed by atoms with van der Waals surface area (Å²) in [6, 6.07) is 20.7. The van der Waals surface area contributed by atoms with Crippen molar-refractivity contribution < 1.29 is 4.79 Å². The summed E-state index contributed by atoms with van der Waals surface area (Å²) in [4.78, 5) is 12.5. The SMILES string of the molecule is O=C(CCC1CCNCC1)NC(Cc1ccccc1)c1ccccc1. The zero-order valence-electron chi connectivity index (χ0n) is 14.8. The molecule has 1 aliphatic rings. The predicted octanol–water partition coefficient (Wildman–Crippen LogP) is 3.87. The van der Waals surface area contributed by atoms with Crippen molar-refractivity contribution >= 4 is 5.91 Å². The number of amides is 1. The summed E-state index contributed by atoms with van der Waals surface area (Å²) in [5.41, 5.74) is 2.41. The molecule has 1 aliphatic heterocycles. The first kappa shape index (κ1) is 17.7. The van der Waals surface area contributed by atoms with Crippen LogP contribution in [0.1, 0.15) is 42.9 Å². The first-order valence-corrected chi connectivity index (χ1v) is 9.40. The molecule has 0 saturated carbocycles. The van der Waals surface area contributed by atoms with Gasteiger partial charge in [0.1, 0.15) is 0 Å². The second-order valence-corrected chi connectivity index (χ2v) is 6.95. The lowest BCUT2D eigenvalue weighted by Crippen LogP contribution is -2.32. The number of hydrogen-bond acceptors (Lipinski definition) is 2. The Morgan fingerprint density at radius 1 is 1.00 bits per heavy atom. The van der Waals surface area contributed by atoms with Gasteiger partial charge in [-0.3, -0.25) is 4.79 Å². The summed E-state index contributed by atoms with van der Waals surface area (Å²) in [5, 5.41) is 6.65. The van der Waals surface area contributed by atoms with Gasteiger partial charge in [-0.1, -0.05) is 60.7 Å². The molecule has 25 heavy (non-hydrogen) atoms. The van der Waals surface area contributed by atoms with E-state index >= 15 is 0 Å². The first-order valence-electron chi connectivity index (χ1n) is 9.40. The zero-order valence-corrected chi connectivity index (χ0v) is 14.8. The molecule has 1 atom stereocenters. The molecule has 0 bridgehead atoms. The lowest BCUT2D eigenvalue weighted by molar-refractivity contribution is -0.122. The summed E-state index contributed by atoms with van der Waals surface area (Å²) < 4.78 is 0. The van der Waals surface area contributed by atoms with Crippen LogP contribution in [-0.2, 0) is 11.2 Å². The lowest BCUT2D eigenvalue weighted by Gasteiger charge is -2.23. The highest BCUT2D eigenvalue weighted by Crippen LogP contribution is 2.21. The minimum Gasteiger partial charge on any atom is -0.349 e. The van der Waals surface area contributed by atoms with E-state index in [-0.39, 0.29) is 11.9 Å². The Bertz CT molecular complexity index is 636. The van der Waals surface area contributed by atoms with Crippen LogP contribution < -0.4 is 10.6 Å². The molecule has 1 saturated heterocycles. The fraction of sp³-hybridized carbons (Fsp3) is 0.409. The average Bonchev–Trinajstić information content (AvgIpc) is 2.68. The van der Waals surface area contributed by atoms with Crippen LogP contribution in [-0.4, -0.2) is 19.0 Å². The van der Waals surface area contributed by atoms with Crippen LogP contribution in [0.25, 0.3) is 0 Å². The normalized spacial score (nSPS) is 16.3. The molecule has 0 aliphatic carbocycles. The first-order chi connectivity index (χ1) is 12.3. The molecular weight excluding hydrogens is 308 g/mol. The van der Waals surface area contributed by atoms with Crippen molar-refractivity contribution in [3.8, 4) is 0 Å². The Hall–Kier alpha value is -2.13. The quantitative estimate of drug-likeness (QED) is 0.806. The number of piperidine rings is 1. The van der Waals surface area contributed by atoms with Gasteiger partial charge in [-0.2, -0.15) is 0 Å². The Morgan fingerprint density at radius 3 is 2.32 bits per heavy atom. The van der Waals surface area contributed by atoms with E-state index in [2.05, 4.69) is 47.0 Å². The molecule has 2 N–H and O–H groups in total. The van der Waals surface area contributed by atoms with Gasteiger partial charge < -0.3 is 10.6 Å². The van der Waals surface area contributed by atoms with Crippen molar-refractivity contribution in [3.63, 3.8) is 0 Å². The number of rotatable bonds is 7. The van der Waals surface area contributed by atoms with Crippen LogP contribution in [0.2, 0.25) is 0 Å². The molecule has 132 valence electrons. The Kier molecular flexibility index (Phi) is 6.63. The molecule has 1 unspecified atom stereocenters. The smallest absolute Gasteiger partial charge is 0.220 e. The largest absolute Gasteiger partial charge is 0.349 e. The third-order valence-electron chi connectivity index (χ3n) is 5.06. The van der Waals surface area contributed by atoms with Gasteiger partial charge >= 0.3 is 0 Å². The minimum atomic E-state index is 0.0316. The number of benzene rings is 2. The van der Waals surface area contributed by atoms with Crippen LogP contribution in [0.5, 0.6) is 0 Å². The maximum atomic E-state index is 12.5. The zero-order chi connectivity index (χ0) is 17.3. The molecule has 0 radical (unpaired) electrons. The van der Waals surface area contributed by atoms with E-state index < -0.39 is 0 Å². The highest BCUT2D eigenvalue weighted by molar-refractivity contribution is 5.76. The van der Waals surface area contributed by atoms with Gasteiger partial charge in [-0.25, -0.2) is 0 Å². The van der Waals surface area contributed by atoms with E-state index in [9.17, 15) is 4.79 Å². The molecule has 3 heteroatoms. The number of carbonyl (C=O) groups is 1. The van der Waals surface area contributed by atoms with Crippen LogP contribution in [0.4, 0.5) is 0 Å². The molecule has 1 amide bonds. The fourth-order valence-corrected chi connectivity index (χ4v) is 3.56. The maximum absolute atomic E-state index is 12.5. The molecule has 0 spiro atoms. The highest BCUT2D eigenvalue weighted by atomic mass is 16.1. The second-order valence-electron chi connectivity index (χ2n) is 6.95. The van der Waals surface area contributed by atoms with Crippen molar-refractivity contribution in [2.24, 2.45) is 5.92 Å². The van der Waals surface area contributed by atoms with E-state index in [0.29, 0.717) is 12.3 Å². The van der Waals surface area contributed by atoms with Crippen LogP contribution >= 0.6 is 0 Å². The summed E-state index contributed by atoms with van der Waals surface area (Å²) in [6.07, 6.45) is 4.84. The average molecular weight is 336 g/mol. The monoisotopic (exact) mass is 336 g/mol. The lowest BCUT2D eigenvalue weighted by atomic mass is 9.93. The Morgan fingerprint density at radius 2 is 1.64 bits per heavy atom. The van der Waals surface area contributed by atoms with Gasteiger partial charge in [-0.05, 0) is 55.8 Å². The van der Waals surface area contributed by atoms with Gasteiger partial charge in [-0.15, -0.1) is 0 Å². The number of nitrogens with one attached hydrogen (secondary N) is 2. The van der Waals surface area contributed by atoms with Gasteiger partial charge in [0.2, 0.25) is 5.91 Å². The van der Waals surface area contributed by atoms with E-state index in [1.165, 1.54) is 24.0 Å². The van der Waals surface area contributed by atoms with Crippen LogP contribution in [0.15, 0.2) is 60.7 Å². The van der Waals surface area contributed by atoms with Gasteiger partial charge in [0, 0.05) is 6.42 Å². The van der Waals surface area contributed by atoms with E-state index in [1.54, 1.807) is 0 Å². The van der Waals surface area contributed by atoms with Crippen molar-refractivity contribution in [1.29, 1.82) is 0 Å². The Labute approximate surface area is 150 Å². The molecular formula is C22H28N2O. The van der Waals surface area contributed by atoms with E-state index in [1.807, 2.05) is 24.3 Å². The third-order valence-corrected chi connectivity index (χ3v) is 5.06. The summed E-state index contributed by atoms with van der Waals surface area (Å²) in [7, 11) is 0. The summed E-state index contributed by atoms with van der Waals surface area (Å²) in [5.74, 6) is 0.861. The van der Waals surface area contributed by atoms with E-state index in [0.717, 1.165) is 25.9 Å². The number of hydrogen-bond donors (Lipinski definition) is 2. The van der Waals surface area contributed by atoms with Crippen molar-refractivity contribution in [2.45, 2.75) is 38.1 Å². The summed E-state index contributed by atoms with van der Waals surface area (Å²) in [6.45, 7) is 2.18. The van der Waals surface area contributed by atoms with Crippen LogP contribution in [0.3, 0.4) is 0 Å². The van der Waals surface area contributed by atoms with Gasteiger partial charge in [0.25, 0.3) is 0 Å². The van der Waals surface area contributed by atoms with Crippen molar-refractivity contribution in [1.82, 2.24) is 10.6 Å². The second kappa shape index (κ2) is 9.38. The molecule has 1 heterocycles. The summed E-state index contributed by atoms with van der Waals surface area (Å²) >= 11 is 0. The van der Waals surface area contributed by atoms with E-state index in [4.69, 9.17) is 0 Å². The van der Waals surface area contributed by atoms with Crippen LogP contribution in [0, 0.1) is 5.92 Å². The molecule has 2 aromatic rings. The van der Waals surface area contributed by atoms with Gasteiger partial charge in [0.05, 0.1) is 6.04 Å². The molecule has 2 aromatic carbocycles. The standard InChI is InChI=1S/C22H28N2O/c25-22(12-11-18-13-15-23-16-14-18)24-21(20-9-5-2-6-10-20)17-19-7-3-1-4-8-19/h1-10,18,21,23H,11-17H2,(H,24,25). The maximum Gasteiger partial charge on any atom is 0.220 e. The third kappa shape index (κ3) is 5.71. The Balaban J connectivity index is 1.59. The van der Waals surface area contributed by atoms with Crippen molar-refractivity contribution in [2.75, 3.05) is 13.1 Å².